The van der Waals surface area contributed by atoms with Gasteiger partial charge in [0.2, 0.25) is 0 Å². The Morgan fingerprint density at radius 1 is 1.10 bits per heavy atom. The molecule has 40 heavy (non-hydrogen) atoms. The lowest BCUT2D eigenvalue weighted by atomic mass is 9.79. The first kappa shape index (κ1) is 27.8. The Bertz CT molecular complexity index is 1630. The first-order chi connectivity index (χ1) is 19.0. The minimum Gasteiger partial charge on any atom is -0.485 e. The molecule has 1 N–H and O–H groups in total. The zero-order chi connectivity index (χ0) is 28.6. The third-order valence-corrected chi connectivity index (χ3v) is 7.58. The number of aliphatic hydroxyl groups is 1. The minimum absolute atomic E-state index is 0.0600. The number of hydrogen-bond donors (Lipinski definition) is 1. The Morgan fingerprint density at radius 3 is 2.58 bits per heavy atom. The maximum atomic E-state index is 14.0. The maximum Gasteiger partial charge on any atom is 0.277 e. The number of aromatic nitrogens is 5. The van der Waals surface area contributed by atoms with Gasteiger partial charge in [-0.1, -0.05) is 11.6 Å². The smallest absolute Gasteiger partial charge is 0.277 e. The molecule has 5 rings (SSSR count). The highest BCUT2D eigenvalue weighted by Crippen LogP contribution is 2.37. The predicted octanol–water partition coefficient (Wildman–Crippen LogP) is 5.62. The standard InChI is InChI=1S/C29H28ClF2N5O3/c1-16-13-34-22(21-6-9-33-27(36-21)18-4-7-29(3,39)8-5-18)12-24(16)37-17(2)10-25(26(30)28(37)38)40-15-23-20(32)11-19(31)14-35-23/h6,9-14,18,39H,4-5,7-8,15H2,1-3H3/t18-,29+. The van der Waals surface area contributed by atoms with E-state index in [9.17, 15) is 18.7 Å². The molecule has 0 radical (unpaired) electrons. The van der Waals surface area contributed by atoms with E-state index in [0.29, 0.717) is 47.5 Å². The predicted molar refractivity (Wildman–Crippen MR) is 146 cm³/mol. The average Bonchev–Trinajstić information content (AvgIpc) is 2.92. The van der Waals surface area contributed by atoms with Crippen LogP contribution in [0.1, 0.15) is 61.3 Å². The molecule has 0 unspecified atom stereocenters. The van der Waals surface area contributed by atoms with Gasteiger partial charge in [-0.25, -0.2) is 18.7 Å². The van der Waals surface area contributed by atoms with Gasteiger partial charge in [0.05, 0.1) is 28.9 Å². The largest absolute Gasteiger partial charge is 0.485 e. The summed E-state index contributed by atoms with van der Waals surface area (Å²) in [5.41, 5.74) is 1.72. The average molecular weight is 568 g/mol. The molecule has 0 bridgehead atoms. The van der Waals surface area contributed by atoms with Crippen LogP contribution < -0.4 is 10.3 Å². The number of rotatable bonds is 6. The fraction of sp³-hybridized carbons (Fsp3) is 0.345. The number of ether oxygens (including phenoxy) is 1. The number of nitrogens with zero attached hydrogens (tertiary/aromatic N) is 5. The van der Waals surface area contributed by atoms with E-state index >= 15 is 0 Å². The monoisotopic (exact) mass is 567 g/mol. The minimum atomic E-state index is -0.857. The Balaban J connectivity index is 1.44. The van der Waals surface area contributed by atoms with Gasteiger partial charge in [0, 0.05) is 36.1 Å². The second-order valence-electron chi connectivity index (χ2n) is 10.4. The van der Waals surface area contributed by atoms with E-state index in [0.717, 1.165) is 24.6 Å². The highest BCUT2D eigenvalue weighted by Gasteiger charge is 2.30. The molecule has 208 valence electrons. The molecule has 1 aliphatic carbocycles. The van der Waals surface area contributed by atoms with Gasteiger partial charge in [-0.2, -0.15) is 0 Å². The van der Waals surface area contributed by atoms with Crippen molar-refractivity contribution in [1.29, 1.82) is 0 Å². The van der Waals surface area contributed by atoms with Crippen molar-refractivity contribution in [2.45, 2.75) is 64.6 Å². The first-order valence-electron chi connectivity index (χ1n) is 12.9. The van der Waals surface area contributed by atoms with E-state index in [1.807, 2.05) is 13.8 Å². The molecule has 0 amide bonds. The Labute approximate surface area is 234 Å². The van der Waals surface area contributed by atoms with Crippen molar-refractivity contribution in [1.82, 2.24) is 24.5 Å². The highest BCUT2D eigenvalue weighted by atomic mass is 35.5. The molecule has 1 aliphatic rings. The van der Waals surface area contributed by atoms with Crippen LogP contribution in [0.5, 0.6) is 5.75 Å². The molecule has 4 aromatic rings. The van der Waals surface area contributed by atoms with Crippen molar-refractivity contribution in [3.8, 4) is 22.8 Å². The van der Waals surface area contributed by atoms with Crippen molar-refractivity contribution >= 4 is 11.6 Å². The van der Waals surface area contributed by atoms with Gasteiger partial charge in [0.1, 0.15) is 34.7 Å². The topological polar surface area (TPSA) is 103 Å². The van der Waals surface area contributed by atoms with Crippen molar-refractivity contribution in [3.63, 3.8) is 0 Å². The van der Waals surface area contributed by atoms with Crippen LogP contribution in [0.2, 0.25) is 5.02 Å². The normalized spacial score (nSPS) is 19.0. The molecule has 1 fully saturated rings. The van der Waals surface area contributed by atoms with Gasteiger partial charge in [0.25, 0.3) is 5.56 Å². The van der Waals surface area contributed by atoms with E-state index in [4.69, 9.17) is 21.3 Å². The zero-order valence-corrected chi connectivity index (χ0v) is 23.0. The fourth-order valence-corrected chi connectivity index (χ4v) is 5.08. The van der Waals surface area contributed by atoms with Crippen molar-refractivity contribution in [3.05, 3.63) is 92.6 Å². The summed E-state index contributed by atoms with van der Waals surface area (Å²) < 4.78 is 34.2. The van der Waals surface area contributed by atoms with Gasteiger partial charge in [-0.3, -0.25) is 19.3 Å². The lowest BCUT2D eigenvalue weighted by Gasteiger charge is -2.32. The van der Waals surface area contributed by atoms with Gasteiger partial charge in [-0.15, -0.1) is 0 Å². The van der Waals surface area contributed by atoms with Gasteiger partial charge in [-0.05, 0) is 64.2 Å². The summed E-state index contributed by atoms with van der Waals surface area (Å²) in [6.45, 7) is 5.08. The fourth-order valence-electron chi connectivity index (χ4n) is 4.89. The molecule has 8 nitrogen and oxygen atoms in total. The summed E-state index contributed by atoms with van der Waals surface area (Å²) in [7, 11) is 0. The molecular formula is C29H28ClF2N5O3. The second-order valence-corrected chi connectivity index (χ2v) is 10.8. The van der Waals surface area contributed by atoms with Crippen molar-refractivity contribution < 1.29 is 18.6 Å². The Kier molecular flexibility index (Phi) is 7.65. The summed E-state index contributed by atoms with van der Waals surface area (Å²) in [4.78, 5) is 30.9. The van der Waals surface area contributed by atoms with E-state index in [1.165, 1.54) is 4.57 Å². The molecule has 4 heterocycles. The van der Waals surface area contributed by atoms with E-state index < -0.39 is 22.8 Å². The summed E-state index contributed by atoms with van der Waals surface area (Å²) >= 11 is 6.40. The SMILES string of the molecule is Cc1cnc(-c2ccnc([C@H]3CC[C@@](C)(O)CC3)n2)cc1-n1c(C)cc(OCc2ncc(F)cc2F)c(Cl)c1=O. The molecule has 1 saturated carbocycles. The van der Waals surface area contributed by atoms with Crippen LogP contribution in [0.4, 0.5) is 8.78 Å². The molecule has 0 atom stereocenters. The number of hydrogen-bond acceptors (Lipinski definition) is 7. The van der Waals surface area contributed by atoms with Crippen LogP contribution in [0.3, 0.4) is 0 Å². The quantitative estimate of drug-likeness (QED) is 0.322. The molecule has 11 heteroatoms. The lowest BCUT2D eigenvalue weighted by molar-refractivity contribution is 0.0164. The lowest BCUT2D eigenvalue weighted by Crippen LogP contribution is -2.30. The van der Waals surface area contributed by atoms with Crippen molar-refractivity contribution in [2.75, 3.05) is 0 Å². The van der Waals surface area contributed by atoms with Crippen LogP contribution in [-0.4, -0.2) is 35.2 Å². The van der Waals surface area contributed by atoms with E-state index in [1.54, 1.807) is 37.5 Å². The summed E-state index contributed by atoms with van der Waals surface area (Å²) in [6.07, 6.45) is 7.23. The van der Waals surface area contributed by atoms with Crippen molar-refractivity contribution in [2.24, 2.45) is 0 Å². The highest BCUT2D eigenvalue weighted by molar-refractivity contribution is 6.31. The summed E-state index contributed by atoms with van der Waals surface area (Å²) in [5.74, 6) is -0.734. The number of halogens is 3. The van der Waals surface area contributed by atoms with Crippen LogP contribution in [0.25, 0.3) is 17.1 Å². The third kappa shape index (κ3) is 5.73. The molecule has 0 aromatic carbocycles. The first-order valence-corrected chi connectivity index (χ1v) is 13.3. The number of pyridine rings is 3. The van der Waals surface area contributed by atoms with Crippen LogP contribution in [0, 0.1) is 25.5 Å². The summed E-state index contributed by atoms with van der Waals surface area (Å²) in [6, 6.07) is 5.83. The summed E-state index contributed by atoms with van der Waals surface area (Å²) in [5, 5.41) is 10.1. The molecule has 0 saturated heterocycles. The van der Waals surface area contributed by atoms with Gasteiger partial charge < -0.3 is 9.84 Å². The van der Waals surface area contributed by atoms with Crippen LogP contribution in [0.15, 0.2) is 47.7 Å². The molecule has 0 spiro atoms. The van der Waals surface area contributed by atoms with E-state index in [-0.39, 0.29) is 29.0 Å². The van der Waals surface area contributed by atoms with Crippen LogP contribution >= 0.6 is 11.6 Å². The van der Waals surface area contributed by atoms with E-state index in [2.05, 4.69) is 15.0 Å². The van der Waals surface area contributed by atoms with Crippen LogP contribution in [-0.2, 0) is 6.61 Å². The third-order valence-electron chi connectivity index (χ3n) is 7.23. The van der Waals surface area contributed by atoms with Gasteiger partial charge >= 0.3 is 0 Å². The van der Waals surface area contributed by atoms with Gasteiger partial charge in [0.15, 0.2) is 5.82 Å². The Hall–Kier alpha value is -3.76. The second kappa shape index (κ2) is 11.0. The zero-order valence-electron chi connectivity index (χ0n) is 22.3. The Morgan fingerprint density at radius 2 is 1.85 bits per heavy atom. The molecule has 4 aromatic heterocycles. The molecule has 0 aliphatic heterocycles. The number of aryl methyl sites for hydroxylation is 2. The molecular weight excluding hydrogens is 540 g/mol. The maximum absolute atomic E-state index is 14.0.